The Kier molecular flexibility index (Phi) is 12.0. The van der Waals surface area contributed by atoms with Gasteiger partial charge in [-0.15, -0.1) is 0 Å². The molecule has 0 aromatic rings. The van der Waals surface area contributed by atoms with Crippen molar-refractivity contribution in [2.75, 3.05) is 26.4 Å². The minimum absolute atomic E-state index is 0.0466. The van der Waals surface area contributed by atoms with Crippen molar-refractivity contribution >= 4 is 0 Å². The van der Waals surface area contributed by atoms with Gasteiger partial charge in [-0.3, -0.25) is 0 Å². The Morgan fingerprint density at radius 1 is 0.870 bits per heavy atom. The van der Waals surface area contributed by atoms with Crippen LogP contribution in [-0.2, 0) is 18.9 Å². The Morgan fingerprint density at radius 3 is 2.13 bits per heavy atom. The lowest BCUT2D eigenvalue weighted by Gasteiger charge is -2.40. The fourth-order valence-corrected chi connectivity index (χ4v) is 2.85. The van der Waals surface area contributed by atoms with Crippen molar-refractivity contribution in [3.05, 3.63) is 0 Å². The summed E-state index contributed by atoms with van der Waals surface area (Å²) >= 11 is 0. The summed E-state index contributed by atoms with van der Waals surface area (Å²) in [6.07, 6.45) is 8.01. The molecule has 1 rings (SSSR count). The highest BCUT2D eigenvalue weighted by Gasteiger charge is 2.37. The first kappa shape index (κ1) is 20.9. The van der Waals surface area contributed by atoms with Gasteiger partial charge in [0, 0.05) is 26.2 Å². The quantitative estimate of drug-likeness (QED) is 0.470. The number of rotatable bonds is 13. The molecule has 1 aliphatic rings. The normalized spacial score (nSPS) is 28.2. The van der Waals surface area contributed by atoms with E-state index in [1.54, 1.807) is 0 Å². The van der Waals surface area contributed by atoms with Crippen LogP contribution in [0.15, 0.2) is 0 Å². The van der Waals surface area contributed by atoms with Crippen LogP contribution in [0.5, 0.6) is 0 Å². The molecule has 1 aliphatic heterocycles. The number of hydrogen-bond donors (Lipinski definition) is 0. The molecule has 0 unspecified atom stereocenters. The maximum Gasteiger partial charge on any atom is 0.110 e. The van der Waals surface area contributed by atoms with Crippen LogP contribution >= 0.6 is 0 Å². The van der Waals surface area contributed by atoms with Crippen LogP contribution in [0.25, 0.3) is 0 Å². The first-order chi connectivity index (χ1) is 11.2. The Balaban J connectivity index is 2.46. The Bertz CT molecular complexity index is 272. The van der Waals surface area contributed by atoms with Gasteiger partial charge < -0.3 is 18.9 Å². The van der Waals surface area contributed by atoms with E-state index in [0.717, 1.165) is 64.8 Å². The third-order valence-corrected chi connectivity index (χ3v) is 4.32. The van der Waals surface area contributed by atoms with Crippen molar-refractivity contribution in [2.45, 2.75) is 97.1 Å². The van der Waals surface area contributed by atoms with E-state index >= 15 is 0 Å². The minimum atomic E-state index is 0.0466. The van der Waals surface area contributed by atoms with Gasteiger partial charge in [-0.2, -0.15) is 0 Å². The van der Waals surface area contributed by atoms with Crippen LogP contribution in [-0.4, -0.2) is 50.8 Å². The summed E-state index contributed by atoms with van der Waals surface area (Å²) in [5.41, 5.74) is 0. The molecule has 0 amide bonds. The van der Waals surface area contributed by atoms with Crippen molar-refractivity contribution < 1.29 is 18.9 Å². The second kappa shape index (κ2) is 13.2. The van der Waals surface area contributed by atoms with E-state index in [4.69, 9.17) is 18.9 Å². The second-order valence-electron chi connectivity index (χ2n) is 6.58. The SMILES string of the molecule is CCCCOC[C@@H]1C[C@H](OCCCC)[C@@H](OCCCC)[C@H](C)O1. The zero-order valence-corrected chi connectivity index (χ0v) is 15.7. The van der Waals surface area contributed by atoms with Crippen LogP contribution in [0.1, 0.15) is 72.6 Å². The maximum absolute atomic E-state index is 6.13. The largest absolute Gasteiger partial charge is 0.379 e. The zero-order valence-electron chi connectivity index (χ0n) is 15.7. The van der Waals surface area contributed by atoms with E-state index < -0.39 is 0 Å². The summed E-state index contributed by atoms with van der Waals surface area (Å²) in [6.45, 7) is 11.7. The maximum atomic E-state index is 6.13. The molecule has 1 saturated heterocycles. The molecule has 4 atom stereocenters. The Morgan fingerprint density at radius 2 is 1.48 bits per heavy atom. The van der Waals surface area contributed by atoms with Gasteiger partial charge in [0.1, 0.15) is 6.10 Å². The molecule has 0 bridgehead atoms. The van der Waals surface area contributed by atoms with Gasteiger partial charge in [0.25, 0.3) is 0 Å². The highest BCUT2D eigenvalue weighted by molar-refractivity contribution is 4.86. The monoisotopic (exact) mass is 330 g/mol. The lowest BCUT2D eigenvalue weighted by molar-refractivity contribution is -0.205. The van der Waals surface area contributed by atoms with Gasteiger partial charge in [0.05, 0.1) is 24.9 Å². The summed E-state index contributed by atoms with van der Waals surface area (Å²) in [5.74, 6) is 0. The first-order valence-corrected chi connectivity index (χ1v) is 9.69. The fourth-order valence-electron chi connectivity index (χ4n) is 2.85. The molecular formula is C19H38O4. The third kappa shape index (κ3) is 8.48. The smallest absolute Gasteiger partial charge is 0.110 e. The zero-order chi connectivity index (χ0) is 16.9. The number of unbranched alkanes of at least 4 members (excludes halogenated alkanes) is 3. The molecule has 4 nitrogen and oxygen atoms in total. The summed E-state index contributed by atoms with van der Waals surface area (Å²) < 4.78 is 24.1. The average Bonchev–Trinajstić information content (AvgIpc) is 2.54. The van der Waals surface area contributed by atoms with E-state index in [-0.39, 0.29) is 24.4 Å². The molecular weight excluding hydrogens is 292 g/mol. The third-order valence-electron chi connectivity index (χ3n) is 4.32. The molecule has 0 N–H and O–H groups in total. The van der Waals surface area contributed by atoms with Crippen LogP contribution in [0.4, 0.5) is 0 Å². The second-order valence-corrected chi connectivity index (χ2v) is 6.58. The summed E-state index contributed by atoms with van der Waals surface area (Å²) in [7, 11) is 0. The summed E-state index contributed by atoms with van der Waals surface area (Å²) in [5, 5.41) is 0. The van der Waals surface area contributed by atoms with Crippen molar-refractivity contribution in [2.24, 2.45) is 0 Å². The van der Waals surface area contributed by atoms with E-state index in [9.17, 15) is 0 Å². The van der Waals surface area contributed by atoms with Gasteiger partial charge in [0.15, 0.2) is 0 Å². The average molecular weight is 331 g/mol. The van der Waals surface area contributed by atoms with Gasteiger partial charge in [0.2, 0.25) is 0 Å². The minimum Gasteiger partial charge on any atom is -0.379 e. The van der Waals surface area contributed by atoms with Crippen molar-refractivity contribution in [3.63, 3.8) is 0 Å². The first-order valence-electron chi connectivity index (χ1n) is 9.69. The van der Waals surface area contributed by atoms with Crippen LogP contribution < -0.4 is 0 Å². The highest BCUT2D eigenvalue weighted by Crippen LogP contribution is 2.26. The lowest BCUT2D eigenvalue weighted by Crippen LogP contribution is -2.50. The van der Waals surface area contributed by atoms with Crippen LogP contribution in [0.3, 0.4) is 0 Å². The molecule has 0 aliphatic carbocycles. The molecule has 0 spiro atoms. The summed E-state index contributed by atoms with van der Waals surface area (Å²) in [6, 6.07) is 0. The van der Waals surface area contributed by atoms with Gasteiger partial charge >= 0.3 is 0 Å². The molecule has 1 heterocycles. The molecule has 1 fully saturated rings. The Labute approximate surface area is 143 Å². The van der Waals surface area contributed by atoms with Crippen LogP contribution in [0.2, 0.25) is 0 Å². The van der Waals surface area contributed by atoms with Gasteiger partial charge in [-0.25, -0.2) is 0 Å². The topological polar surface area (TPSA) is 36.9 Å². The number of hydrogen-bond acceptors (Lipinski definition) is 4. The van der Waals surface area contributed by atoms with Gasteiger partial charge in [-0.1, -0.05) is 40.0 Å². The van der Waals surface area contributed by atoms with Crippen molar-refractivity contribution in [3.8, 4) is 0 Å². The van der Waals surface area contributed by atoms with Gasteiger partial charge in [-0.05, 0) is 26.2 Å². The van der Waals surface area contributed by atoms with Crippen molar-refractivity contribution in [1.82, 2.24) is 0 Å². The predicted octanol–water partition coefficient (Wildman–Crippen LogP) is 4.35. The molecule has 138 valence electrons. The number of ether oxygens (including phenoxy) is 4. The molecule has 0 radical (unpaired) electrons. The fraction of sp³-hybridized carbons (Fsp3) is 1.00. The van der Waals surface area contributed by atoms with E-state index in [0.29, 0.717) is 6.61 Å². The summed E-state index contributed by atoms with van der Waals surface area (Å²) in [4.78, 5) is 0. The molecule has 4 heteroatoms. The molecule has 0 saturated carbocycles. The standard InChI is InChI=1S/C19H38O4/c1-5-8-11-20-15-17-14-18(21-12-9-6-2)19(16(4)23-17)22-13-10-7-3/h16-19H,5-15H2,1-4H3/t16-,17-,18-,19-/m0/s1. The lowest BCUT2D eigenvalue weighted by atomic mass is 9.98. The predicted molar refractivity (Wildman–Crippen MR) is 94.0 cm³/mol. The van der Waals surface area contributed by atoms with Crippen molar-refractivity contribution in [1.29, 1.82) is 0 Å². The van der Waals surface area contributed by atoms with E-state index in [1.807, 2.05) is 0 Å². The molecule has 23 heavy (non-hydrogen) atoms. The van der Waals surface area contributed by atoms with E-state index in [2.05, 4.69) is 27.7 Å². The highest BCUT2D eigenvalue weighted by atomic mass is 16.6. The molecule has 0 aromatic carbocycles. The van der Waals surface area contributed by atoms with Crippen LogP contribution in [0, 0.1) is 0 Å². The Hall–Kier alpha value is -0.160. The molecule has 0 aromatic heterocycles. The van der Waals surface area contributed by atoms with E-state index in [1.165, 1.54) is 0 Å².